The lowest BCUT2D eigenvalue weighted by atomic mass is 10.1. The second kappa shape index (κ2) is 12.7. The number of amides is 2. The topological polar surface area (TPSA) is 67.9 Å². The molecular formula is C27H37ClN2O4. The van der Waals surface area contributed by atoms with Crippen molar-refractivity contribution in [3.8, 4) is 11.5 Å². The van der Waals surface area contributed by atoms with Gasteiger partial charge in [0.15, 0.2) is 11.5 Å². The Morgan fingerprint density at radius 2 is 1.68 bits per heavy atom. The number of ether oxygens (including phenoxy) is 2. The van der Waals surface area contributed by atoms with E-state index in [-0.39, 0.29) is 24.8 Å². The van der Waals surface area contributed by atoms with Crippen LogP contribution in [0.5, 0.6) is 11.5 Å². The molecule has 1 unspecified atom stereocenters. The SMILES string of the molecule is CCOc1ccc(CCC(=O)N(Cc2ccccc2Cl)C(C)C(=O)NC(C)(C)C)cc1OCC. The summed E-state index contributed by atoms with van der Waals surface area (Å²) in [5.74, 6) is 1.03. The highest BCUT2D eigenvalue weighted by Crippen LogP contribution is 2.29. The molecule has 0 aliphatic rings. The van der Waals surface area contributed by atoms with Gasteiger partial charge < -0.3 is 19.7 Å². The zero-order valence-electron chi connectivity index (χ0n) is 21.1. The van der Waals surface area contributed by atoms with Crippen LogP contribution in [0, 0.1) is 0 Å². The molecule has 0 spiro atoms. The number of carbonyl (C=O) groups excluding carboxylic acids is 2. The van der Waals surface area contributed by atoms with Crippen molar-refractivity contribution in [2.45, 2.75) is 72.5 Å². The molecule has 7 heteroatoms. The first-order valence-electron chi connectivity index (χ1n) is 11.8. The normalized spacial score (nSPS) is 12.1. The summed E-state index contributed by atoms with van der Waals surface area (Å²) < 4.78 is 11.3. The molecule has 0 aliphatic carbocycles. The molecule has 0 saturated heterocycles. The molecule has 0 saturated carbocycles. The smallest absolute Gasteiger partial charge is 0.242 e. The van der Waals surface area contributed by atoms with Crippen LogP contribution >= 0.6 is 11.6 Å². The van der Waals surface area contributed by atoms with E-state index in [1.165, 1.54) is 0 Å². The Bertz CT molecular complexity index is 971. The molecule has 2 aromatic rings. The number of halogens is 1. The molecule has 2 amide bonds. The molecule has 0 fully saturated rings. The lowest BCUT2D eigenvalue weighted by Crippen LogP contribution is -2.52. The summed E-state index contributed by atoms with van der Waals surface area (Å²) in [5, 5.41) is 3.54. The molecule has 6 nitrogen and oxygen atoms in total. The minimum atomic E-state index is -0.651. The largest absolute Gasteiger partial charge is 0.490 e. The highest BCUT2D eigenvalue weighted by Gasteiger charge is 2.28. The third-order valence-corrected chi connectivity index (χ3v) is 5.57. The molecule has 2 rings (SSSR count). The zero-order valence-corrected chi connectivity index (χ0v) is 21.9. The number of rotatable bonds is 11. The average Bonchev–Trinajstić information content (AvgIpc) is 2.77. The van der Waals surface area contributed by atoms with Gasteiger partial charge in [-0.1, -0.05) is 35.9 Å². The van der Waals surface area contributed by atoms with Gasteiger partial charge in [0.05, 0.1) is 13.2 Å². The van der Waals surface area contributed by atoms with Gasteiger partial charge in [-0.05, 0) is 77.3 Å². The van der Waals surface area contributed by atoms with E-state index in [1.54, 1.807) is 17.9 Å². The van der Waals surface area contributed by atoms with E-state index in [0.717, 1.165) is 11.1 Å². The van der Waals surface area contributed by atoms with Crippen molar-refractivity contribution in [2.75, 3.05) is 13.2 Å². The van der Waals surface area contributed by atoms with E-state index in [1.807, 2.05) is 71.0 Å². The van der Waals surface area contributed by atoms with Crippen molar-refractivity contribution in [2.24, 2.45) is 0 Å². The van der Waals surface area contributed by atoms with Crippen LogP contribution in [0.2, 0.25) is 5.02 Å². The number of carbonyl (C=O) groups is 2. The Kier molecular flexibility index (Phi) is 10.2. The quantitative estimate of drug-likeness (QED) is 0.459. The number of hydrogen-bond acceptors (Lipinski definition) is 4. The zero-order chi connectivity index (χ0) is 25.3. The van der Waals surface area contributed by atoms with Gasteiger partial charge in [0.1, 0.15) is 6.04 Å². The van der Waals surface area contributed by atoms with Gasteiger partial charge in [-0.25, -0.2) is 0 Å². The van der Waals surface area contributed by atoms with Crippen molar-refractivity contribution >= 4 is 23.4 Å². The number of aryl methyl sites for hydroxylation is 1. The van der Waals surface area contributed by atoms with Crippen LogP contribution in [0.4, 0.5) is 0 Å². The maximum atomic E-state index is 13.4. The van der Waals surface area contributed by atoms with Gasteiger partial charge in [-0.3, -0.25) is 9.59 Å². The number of nitrogens with zero attached hydrogens (tertiary/aromatic N) is 1. The van der Waals surface area contributed by atoms with Crippen LogP contribution in [-0.4, -0.2) is 41.5 Å². The second-order valence-corrected chi connectivity index (χ2v) is 9.58. The van der Waals surface area contributed by atoms with Gasteiger partial charge in [-0.2, -0.15) is 0 Å². The summed E-state index contributed by atoms with van der Waals surface area (Å²) in [7, 11) is 0. The Labute approximate surface area is 208 Å². The van der Waals surface area contributed by atoms with Crippen LogP contribution in [0.3, 0.4) is 0 Å². The van der Waals surface area contributed by atoms with E-state index in [2.05, 4.69) is 5.32 Å². The molecular weight excluding hydrogens is 452 g/mol. The minimum Gasteiger partial charge on any atom is -0.490 e. The fourth-order valence-corrected chi connectivity index (χ4v) is 3.71. The van der Waals surface area contributed by atoms with E-state index in [9.17, 15) is 9.59 Å². The van der Waals surface area contributed by atoms with Crippen LogP contribution in [0.25, 0.3) is 0 Å². The van der Waals surface area contributed by atoms with Crippen LogP contribution in [0.1, 0.15) is 59.1 Å². The van der Waals surface area contributed by atoms with Gasteiger partial charge >= 0.3 is 0 Å². The average molecular weight is 489 g/mol. The van der Waals surface area contributed by atoms with Crippen molar-refractivity contribution in [3.63, 3.8) is 0 Å². The summed E-state index contributed by atoms with van der Waals surface area (Å²) in [5.41, 5.74) is 1.36. The molecule has 34 heavy (non-hydrogen) atoms. The maximum absolute atomic E-state index is 13.4. The van der Waals surface area contributed by atoms with Crippen molar-refractivity contribution < 1.29 is 19.1 Å². The molecule has 1 atom stereocenters. The number of nitrogens with one attached hydrogen (secondary N) is 1. The fraction of sp³-hybridized carbons (Fsp3) is 0.481. The van der Waals surface area contributed by atoms with Crippen LogP contribution < -0.4 is 14.8 Å². The van der Waals surface area contributed by atoms with E-state index in [0.29, 0.717) is 36.2 Å². The van der Waals surface area contributed by atoms with Crippen molar-refractivity contribution in [1.82, 2.24) is 10.2 Å². The van der Waals surface area contributed by atoms with Gasteiger partial charge in [-0.15, -0.1) is 0 Å². The van der Waals surface area contributed by atoms with Gasteiger partial charge in [0.25, 0.3) is 0 Å². The summed E-state index contributed by atoms with van der Waals surface area (Å²) >= 11 is 6.36. The summed E-state index contributed by atoms with van der Waals surface area (Å²) in [4.78, 5) is 27.9. The summed E-state index contributed by atoms with van der Waals surface area (Å²) in [6.45, 7) is 12.7. The van der Waals surface area contributed by atoms with Crippen molar-refractivity contribution in [3.05, 3.63) is 58.6 Å². The minimum absolute atomic E-state index is 0.122. The lowest BCUT2D eigenvalue weighted by molar-refractivity contribution is -0.141. The van der Waals surface area contributed by atoms with Gasteiger partial charge in [0, 0.05) is 23.5 Å². The molecule has 0 aromatic heterocycles. The Morgan fingerprint density at radius 1 is 1.03 bits per heavy atom. The first-order chi connectivity index (χ1) is 16.1. The molecule has 0 radical (unpaired) electrons. The van der Waals surface area contributed by atoms with E-state index >= 15 is 0 Å². The predicted octanol–water partition coefficient (Wildman–Crippen LogP) is 5.40. The Morgan fingerprint density at radius 3 is 2.29 bits per heavy atom. The Hall–Kier alpha value is -2.73. The predicted molar refractivity (Wildman–Crippen MR) is 136 cm³/mol. The monoisotopic (exact) mass is 488 g/mol. The summed E-state index contributed by atoms with van der Waals surface area (Å²) in [6, 6.07) is 12.4. The number of benzene rings is 2. The van der Waals surface area contributed by atoms with E-state index < -0.39 is 11.6 Å². The van der Waals surface area contributed by atoms with Gasteiger partial charge in [0.2, 0.25) is 11.8 Å². The molecule has 1 N–H and O–H groups in total. The molecule has 186 valence electrons. The lowest BCUT2D eigenvalue weighted by Gasteiger charge is -2.31. The first-order valence-corrected chi connectivity index (χ1v) is 12.2. The third kappa shape index (κ3) is 8.24. The maximum Gasteiger partial charge on any atom is 0.242 e. The molecule has 0 heterocycles. The highest BCUT2D eigenvalue weighted by molar-refractivity contribution is 6.31. The molecule has 0 bridgehead atoms. The third-order valence-electron chi connectivity index (χ3n) is 5.20. The van der Waals surface area contributed by atoms with Crippen molar-refractivity contribution in [1.29, 1.82) is 0 Å². The summed E-state index contributed by atoms with van der Waals surface area (Å²) in [6.07, 6.45) is 0.759. The standard InChI is InChI=1S/C27H37ClN2O4/c1-7-33-23-15-13-20(17-24(23)34-8-2)14-16-25(31)30(18-21-11-9-10-12-22(21)28)19(3)26(32)29-27(4,5)6/h9-13,15,17,19H,7-8,14,16,18H2,1-6H3,(H,29,32). The molecule has 0 aliphatic heterocycles. The first kappa shape index (κ1) is 27.5. The fourth-order valence-electron chi connectivity index (χ4n) is 3.51. The molecule has 2 aromatic carbocycles. The van der Waals surface area contributed by atoms with Crippen LogP contribution in [-0.2, 0) is 22.6 Å². The number of hydrogen-bond donors (Lipinski definition) is 1. The van der Waals surface area contributed by atoms with E-state index in [4.69, 9.17) is 21.1 Å². The highest BCUT2D eigenvalue weighted by atomic mass is 35.5. The Balaban J connectivity index is 2.21. The second-order valence-electron chi connectivity index (χ2n) is 9.18. The van der Waals surface area contributed by atoms with Crippen LogP contribution in [0.15, 0.2) is 42.5 Å².